The predicted molar refractivity (Wildman–Crippen MR) is 110 cm³/mol. The van der Waals surface area contributed by atoms with Crippen LogP contribution >= 0.6 is 0 Å². The molecule has 2 amide bonds. The van der Waals surface area contributed by atoms with Crippen molar-refractivity contribution in [3.8, 4) is 0 Å². The number of hydrogen-bond acceptors (Lipinski definition) is 6. The first-order chi connectivity index (χ1) is 13.0. The first kappa shape index (κ1) is 21.6. The Balaban J connectivity index is 2.30. The van der Waals surface area contributed by atoms with E-state index in [0.717, 1.165) is 17.3 Å². The number of aromatic nitrogens is 2. The second-order valence-electron chi connectivity index (χ2n) is 7.29. The van der Waals surface area contributed by atoms with Gasteiger partial charge in [-0.3, -0.25) is 4.98 Å². The number of nitrogens with one attached hydrogen (secondary N) is 2. The molecule has 0 aliphatic rings. The van der Waals surface area contributed by atoms with E-state index in [2.05, 4.69) is 15.3 Å². The highest BCUT2D eigenvalue weighted by Gasteiger charge is 2.22. The lowest BCUT2D eigenvalue weighted by molar-refractivity contribution is 0.256. The predicted octanol–water partition coefficient (Wildman–Crippen LogP) is 3.30. The van der Waals surface area contributed by atoms with Gasteiger partial charge in [-0.25, -0.2) is 14.5 Å². The Labute approximate surface area is 166 Å². The highest BCUT2D eigenvalue weighted by Crippen LogP contribution is 2.32. The molecular formula is C19H27N5O3S. The minimum atomic E-state index is -4.16. The van der Waals surface area contributed by atoms with Crippen LogP contribution in [-0.2, 0) is 10.0 Å². The van der Waals surface area contributed by atoms with Gasteiger partial charge in [0.2, 0.25) is 0 Å². The van der Waals surface area contributed by atoms with Gasteiger partial charge in [-0.2, -0.15) is 8.42 Å². The number of nitrogens with zero attached hydrogens (tertiary/aromatic N) is 3. The van der Waals surface area contributed by atoms with Crippen LogP contribution in [0.4, 0.5) is 16.3 Å². The van der Waals surface area contributed by atoms with Gasteiger partial charge in [0.15, 0.2) is 5.03 Å². The fourth-order valence-electron chi connectivity index (χ4n) is 2.69. The molecule has 9 heteroatoms. The first-order valence-corrected chi connectivity index (χ1v) is 10.5. The van der Waals surface area contributed by atoms with E-state index in [1.807, 2.05) is 50.6 Å². The van der Waals surface area contributed by atoms with Crippen LogP contribution < -0.4 is 14.9 Å². The monoisotopic (exact) mass is 405 g/mol. The van der Waals surface area contributed by atoms with Crippen LogP contribution in [0.1, 0.15) is 50.7 Å². The van der Waals surface area contributed by atoms with Gasteiger partial charge >= 0.3 is 6.03 Å². The summed E-state index contributed by atoms with van der Waals surface area (Å²) in [7, 11) is -0.726. The third-order valence-electron chi connectivity index (χ3n) is 4.17. The highest BCUT2D eigenvalue weighted by atomic mass is 32.2. The molecule has 2 aromatic rings. The first-order valence-electron chi connectivity index (χ1n) is 8.99. The zero-order valence-electron chi connectivity index (χ0n) is 17.0. The summed E-state index contributed by atoms with van der Waals surface area (Å²) >= 11 is 0. The summed E-state index contributed by atoms with van der Waals surface area (Å²) in [5.41, 5.74) is 2.51. The van der Waals surface area contributed by atoms with Gasteiger partial charge in [-0.15, -0.1) is 0 Å². The quantitative estimate of drug-likeness (QED) is 0.764. The Morgan fingerprint density at radius 1 is 1.04 bits per heavy atom. The summed E-state index contributed by atoms with van der Waals surface area (Å²) in [6.45, 7) is 8.06. The molecule has 2 N–H and O–H groups in total. The fourth-order valence-corrected chi connectivity index (χ4v) is 3.51. The molecule has 0 atom stereocenters. The molecule has 28 heavy (non-hydrogen) atoms. The van der Waals surface area contributed by atoms with E-state index in [0.29, 0.717) is 11.5 Å². The van der Waals surface area contributed by atoms with Gasteiger partial charge in [-0.1, -0.05) is 45.9 Å². The molecule has 0 saturated heterocycles. The molecule has 8 nitrogen and oxygen atoms in total. The normalized spacial score (nSPS) is 11.6. The Morgan fingerprint density at radius 2 is 1.61 bits per heavy atom. The van der Waals surface area contributed by atoms with Crippen molar-refractivity contribution >= 4 is 27.6 Å². The summed E-state index contributed by atoms with van der Waals surface area (Å²) in [6, 6.07) is 4.94. The summed E-state index contributed by atoms with van der Waals surface area (Å²) in [5.74, 6) is 0.692. The van der Waals surface area contributed by atoms with E-state index in [-0.39, 0.29) is 16.9 Å². The van der Waals surface area contributed by atoms with Gasteiger partial charge in [0.1, 0.15) is 5.82 Å². The number of hydrogen-bond donors (Lipinski definition) is 2. The maximum absolute atomic E-state index is 12.6. The van der Waals surface area contributed by atoms with Gasteiger partial charge in [0.25, 0.3) is 10.0 Å². The smallest absolute Gasteiger partial charge is 0.333 e. The van der Waals surface area contributed by atoms with Gasteiger partial charge in [0, 0.05) is 19.8 Å². The van der Waals surface area contributed by atoms with Crippen LogP contribution in [-0.4, -0.2) is 38.5 Å². The number of para-hydroxylation sites is 1. The van der Waals surface area contributed by atoms with Crippen LogP contribution in [0.5, 0.6) is 0 Å². The van der Waals surface area contributed by atoms with E-state index < -0.39 is 16.1 Å². The van der Waals surface area contributed by atoms with Crippen LogP contribution in [0.25, 0.3) is 0 Å². The van der Waals surface area contributed by atoms with Crippen molar-refractivity contribution in [2.24, 2.45) is 0 Å². The Kier molecular flexibility index (Phi) is 6.60. The Hall–Kier alpha value is -2.68. The average molecular weight is 406 g/mol. The van der Waals surface area contributed by atoms with Crippen molar-refractivity contribution in [2.45, 2.75) is 44.6 Å². The summed E-state index contributed by atoms with van der Waals surface area (Å²) in [6.07, 6.45) is 2.54. The van der Waals surface area contributed by atoms with E-state index in [1.54, 1.807) is 19.0 Å². The third kappa shape index (κ3) is 4.98. The molecule has 1 aromatic heterocycles. The number of rotatable bonds is 6. The molecule has 1 aromatic carbocycles. The van der Waals surface area contributed by atoms with Crippen molar-refractivity contribution in [3.63, 3.8) is 0 Å². The highest BCUT2D eigenvalue weighted by molar-refractivity contribution is 7.90. The number of urea groups is 1. The summed E-state index contributed by atoms with van der Waals surface area (Å²) in [5, 5.41) is 2.39. The summed E-state index contributed by atoms with van der Waals surface area (Å²) < 4.78 is 27.1. The summed E-state index contributed by atoms with van der Waals surface area (Å²) in [4.78, 5) is 22.0. The van der Waals surface area contributed by atoms with Gasteiger partial charge < -0.3 is 10.2 Å². The molecule has 0 unspecified atom stereocenters. The number of amides is 2. The SMILES string of the molecule is CC(C)c1cccc(C(C)C)c1NC(=O)NS(=O)(=O)c1cncc(N(C)C)n1. The van der Waals surface area contributed by atoms with Crippen molar-refractivity contribution in [2.75, 3.05) is 24.3 Å². The van der Waals surface area contributed by atoms with Crippen LogP contribution in [0, 0.1) is 0 Å². The van der Waals surface area contributed by atoms with E-state index in [1.165, 1.54) is 6.20 Å². The van der Waals surface area contributed by atoms with Gasteiger partial charge in [0.05, 0.1) is 12.4 Å². The maximum Gasteiger partial charge on any atom is 0.333 e. The second-order valence-corrected chi connectivity index (χ2v) is 8.92. The van der Waals surface area contributed by atoms with Crippen LogP contribution in [0.2, 0.25) is 0 Å². The van der Waals surface area contributed by atoms with Crippen LogP contribution in [0.15, 0.2) is 35.6 Å². The number of benzene rings is 1. The van der Waals surface area contributed by atoms with E-state index in [9.17, 15) is 13.2 Å². The minimum absolute atomic E-state index is 0.160. The van der Waals surface area contributed by atoms with Crippen molar-refractivity contribution in [1.82, 2.24) is 14.7 Å². The molecule has 2 rings (SSSR count). The fraction of sp³-hybridized carbons (Fsp3) is 0.421. The molecule has 0 aliphatic heterocycles. The zero-order valence-corrected chi connectivity index (χ0v) is 17.8. The van der Waals surface area contributed by atoms with E-state index >= 15 is 0 Å². The lowest BCUT2D eigenvalue weighted by Crippen LogP contribution is -2.35. The number of carbonyl (C=O) groups excluding carboxylic acids is 1. The maximum atomic E-state index is 12.6. The molecule has 1 heterocycles. The van der Waals surface area contributed by atoms with Crippen LogP contribution in [0.3, 0.4) is 0 Å². The largest absolute Gasteiger partial charge is 0.361 e. The van der Waals surface area contributed by atoms with Crippen molar-refractivity contribution in [1.29, 1.82) is 0 Å². The average Bonchev–Trinajstić information content (AvgIpc) is 2.61. The third-order valence-corrected chi connectivity index (χ3v) is 5.37. The zero-order chi connectivity index (χ0) is 21.1. The Bertz CT molecular complexity index is 930. The lowest BCUT2D eigenvalue weighted by Gasteiger charge is -2.20. The van der Waals surface area contributed by atoms with Gasteiger partial charge in [-0.05, 0) is 23.0 Å². The molecular weight excluding hydrogens is 378 g/mol. The second kappa shape index (κ2) is 8.55. The molecule has 0 radical (unpaired) electrons. The molecule has 0 spiro atoms. The number of sulfonamides is 1. The molecule has 0 bridgehead atoms. The van der Waals surface area contributed by atoms with Crippen molar-refractivity contribution < 1.29 is 13.2 Å². The lowest BCUT2D eigenvalue weighted by atomic mass is 9.93. The number of carbonyl (C=O) groups is 1. The Morgan fingerprint density at radius 3 is 2.11 bits per heavy atom. The minimum Gasteiger partial charge on any atom is -0.361 e. The molecule has 152 valence electrons. The molecule has 0 fully saturated rings. The number of anilines is 2. The molecule has 0 aliphatic carbocycles. The topological polar surface area (TPSA) is 104 Å². The van der Waals surface area contributed by atoms with Crippen molar-refractivity contribution in [3.05, 3.63) is 41.7 Å². The standard InChI is InChI=1S/C19H27N5O3S/c1-12(2)14-8-7-9-15(13(3)4)18(14)22-19(25)23-28(26,27)17-11-20-10-16(21-17)24(5)6/h7-13H,1-6H3,(H2,22,23,25). The molecule has 0 saturated carbocycles. The van der Waals surface area contributed by atoms with E-state index in [4.69, 9.17) is 0 Å².